The number of aliphatic hydroxyl groups is 1. The van der Waals surface area contributed by atoms with Gasteiger partial charge >= 0.3 is 0 Å². The molecular formula is C9H17NO2. The second kappa shape index (κ2) is 2.69. The Morgan fingerprint density at radius 2 is 2.17 bits per heavy atom. The summed E-state index contributed by atoms with van der Waals surface area (Å²) in [5.74, 6) is 0.459. The van der Waals surface area contributed by atoms with E-state index in [9.17, 15) is 5.11 Å². The maximum atomic E-state index is 9.21. The van der Waals surface area contributed by atoms with Crippen molar-refractivity contribution in [2.75, 3.05) is 6.61 Å². The average Bonchev–Trinajstić information content (AvgIpc) is 2.32. The lowest BCUT2D eigenvalue weighted by Crippen LogP contribution is -2.60. The SMILES string of the molecule is CC1OCCC1C1(N)CC(O)C1. The van der Waals surface area contributed by atoms with Crippen LogP contribution in [0.4, 0.5) is 0 Å². The Bertz CT molecular complexity index is 177. The molecule has 12 heavy (non-hydrogen) atoms. The van der Waals surface area contributed by atoms with Gasteiger partial charge in [0, 0.05) is 18.1 Å². The molecule has 3 heteroatoms. The minimum atomic E-state index is -0.164. The molecule has 0 spiro atoms. The predicted octanol–water partition coefficient (Wildman–Crippen LogP) is 0.264. The van der Waals surface area contributed by atoms with Gasteiger partial charge in [-0.2, -0.15) is 0 Å². The summed E-state index contributed by atoms with van der Waals surface area (Å²) in [6.45, 7) is 2.91. The maximum Gasteiger partial charge on any atom is 0.0593 e. The van der Waals surface area contributed by atoms with E-state index in [0.717, 1.165) is 25.9 Å². The van der Waals surface area contributed by atoms with Crippen LogP contribution in [-0.4, -0.2) is 29.5 Å². The lowest BCUT2D eigenvalue weighted by Gasteiger charge is -2.47. The minimum Gasteiger partial charge on any atom is -0.393 e. The van der Waals surface area contributed by atoms with Gasteiger partial charge in [0.1, 0.15) is 0 Å². The molecular weight excluding hydrogens is 154 g/mol. The maximum absolute atomic E-state index is 9.21. The highest BCUT2D eigenvalue weighted by Gasteiger charge is 2.49. The van der Waals surface area contributed by atoms with Gasteiger partial charge in [-0.3, -0.25) is 0 Å². The van der Waals surface area contributed by atoms with Crippen LogP contribution in [0.3, 0.4) is 0 Å². The molecule has 1 saturated carbocycles. The molecule has 0 aromatic carbocycles. The molecule has 1 aliphatic heterocycles. The summed E-state index contributed by atoms with van der Waals surface area (Å²) in [5.41, 5.74) is 6.02. The van der Waals surface area contributed by atoms with Gasteiger partial charge in [-0.05, 0) is 26.2 Å². The Kier molecular flexibility index (Phi) is 1.90. The van der Waals surface area contributed by atoms with Crippen molar-refractivity contribution in [2.45, 2.75) is 43.9 Å². The number of hydrogen-bond acceptors (Lipinski definition) is 3. The number of hydrogen-bond donors (Lipinski definition) is 2. The van der Waals surface area contributed by atoms with Crippen LogP contribution in [0.5, 0.6) is 0 Å². The van der Waals surface area contributed by atoms with Crippen LogP contribution in [0.25, 0.3) is 0 Å². The summed E-state index contributed by atoms with van der Waals surface area (Å²) >= 11 is 0. The van der Waals surface area contributed by atoms with Crippen LogP contribution < -0.4 is 5.73 Å². The van der Waals surface area contributed by atoms with Crippen molar-refractivity contribution in [1.29, 1.82) is 0 Å². The molecule has 2 fully saturated rings. The first-order chi connectivity index (χ1) is 5.62. The first kappa shape index (κ1) is 8.48. The van der Waals surface area contributed by atoms with E-state index in [-0.39, 0.29) is 17.7 Å². The highest BCUT2D eigenvalue weighted by molar-refractivity contribution is 5.05. The molecule has 0 aromatic heterocycles. The molecule has 3 nitrogen and oxygen atoms in total. The normalized spacial score (nSPS) is 53.8. The third-order valence-corrected chi connectivity index (χ3v) is 3.35. The molecule has 0 amide bonds. The number of aliphatic hydroxyl groups excluding tert-OH is 1. The third kappa shape index (κ3) is 1.16. The van der Waals surface area contributed by atoms with Gasteiger partial charge in [0.25, 0.3) is 0 Å². The Hall–Kier alpha value is -0.120. The van der Waals surface area contributed by atoms with Gasteiger partial charge in [-0.15, -0.1) is 0 Å². The molecule has 2 atom stereocenters. The van der Waals surface area contributed by atoms with Gasteiger partial charge in [-0.25, -0.2) is 0 Å². The van der Waals surface area contributed by atoms with Crippen molar-refractivity contribution in [3.8, 4) is 0 Å². The van der Waals surface area contributed by atoms with Gasteiger partial charge in [0.05, 0.1) is 12.2 Å². The van der Waals surface area contributed by atoms with Crippen molar-refractivity contribution in [3.05, 3.63) is 0 Å². The number of rotatable bonds is 1. The molecule has 2 rings (SSSR count). The predicted molar refractivity (Wildman–Crippen MR) is 45.7 cm³/mol. The van der Waals surface area contributed by atoms with E-state index in [1.54, 1.807) is 0 Å². The van der Waals surface area contributed by atoms with E-state index in [1.807, 2.05) is 0 Å². The van der Waals surface area contributed by atoms with Gasteiger partial charge in [0.15, 0.2) is 0 Å². The van der Waals surface area contributed by atoms with E-state index in [1.165, 1.54) is 0 Å². The van der Waals surface area contributed by atoms with Crippen molar-refractivity contribution in [1.82, 2.24) is 0 Å². The van der Waals surface area contributed by atoms with Gasteiger partial charge in [0.2, 0.25) is 0 Å². The highest BCUT2D eigenvalue weighted by atomic mass is 16.5. The first-order valence-electron chi connectivity index (χ1n) is 4.70. The fraction of sp³-hybridized carbons (Fsp3) is 1.00. The zero-order valence-corrected chi connectivity index (χ0v) is 7.49. The fourth-order valence-corrected chi connectivity index (χ4v) is 2.61. The summed E-state index contributed by atoms with van der Waals surface area (Å²) in [5, 5.41) is 9.21. The fourth-order valence-electron chi connectivity index (χ4n) is 2.61. The lowest BCUT2D eigenvalue weighted by molar-refractivity contribution is -0.0269. The quantitative estimate of drug-likeness (QED) is 0.595. The van der Waals surface area contributed by atoms with Gasteiger partial charge < -0.3 is 15.6 Å². The Balaban J connectivity index is 1.99. The first-order valence-corrected chi connectivity index (χ1v) is 4.70. The van der Waals surface area contributed by atoms with Crippen LogP contribution in [0, 0.1) is 5.92 Å². The van der Waals surface area contributed by atoms with Crippen LogP contribution in [-0.2, 0) is 4.74 Å². The van der Waals surface area contributed by atoms with E-state index in [0.29, 0.717) is 5.92 Å². The molecule has 3 N–H and O–H groups in total. The summed E-state index contributed by atoms with van der Waals surface area (Å²) in [4.78, 5) is 0. The van der Waals surface area contributed by atoms with Crippen molar-refractivity contribution in [3.63, 3.8) is 0 Å². The molecule has 2 unspecified atom stereocenters. The van der Waals surface area contributed by atoms with E-state index < -0.39 is 0 Å². The summed E-state index contributed by atoms with van der Waals surface area (Å²) < 4.78 is 5.46. The van der Waals surface area contributed by atoms with Crippen LogP contribution in [0.2, 0.25) is 0 Å². The second-order valence-electron chi connectivity index (χ2n) is 4.27. The summed E-state index contributed by atoms with van der Waals surface area (Å²) in [7, 11) is 0. The van der Waals surface area contributed by atoms with Crippen molar-refractivity contribution in [2.24, 2.45) is 11.7 Å². The monoisotopic (exact) mass is 171 g/mol. The Labute approximate surface area is 72.9 Å². The van der Waals surface area contributed by atoms with Crippen LogP contribution >= 0.6 is 0 Å². The van der Waals surface area contributed by atoms with E-state index in [4.69, 9.17) is 10.5 Å². The largest absolute Gasteiger partial charge is 0.393 e. The van der Waals surface area contributed by atoms with E-state index in [2.05, 4.69) is 6.92 Å². The van der Waals surface area contributed by atoms with Gasteiger partial charge in [-0.1, -0.05) is 0 Å². The molecule has 1 saturated heterocycles. The van der Waals surface area contributed by atoms with Crippen LogP contribution in [0.1, 0.15) is 26.2 Å². The Morgan fingerprint density at radius 3 is 2.58 bits per heavy atom. The number of ether oxygens (including phenoxy) is 1. The third-order valence-electron chi connectivity index (χ3n) is 3.35. The topological polar surface area (TPSA) is 55.5 Å². The zero-order chi connectivity index (χ0) is 8.77. The molecule has 0 aromatic rings. The van der Waals surface area contributed by atoms with E-state index >= 15 is 0 Å². The highest BCUT2D eigenvalue weighted by Crippen LogP contribution is 2.42. The summed E-state index contributed by atoms with van der Waals surface area (Å²) in [6, 6.07) is 0. The molecule has 70 valence electrons. The van der Waals surface area contributed by atoms with Crippen LogP contribution in [0.15, 0.2) is 0 Å². The molecule has 0 bridgehead atoms. The number of nitrogens with two attached hydrogens (primary N) is 1. The Morgan fingerprint density at radius 1 is 1.50 bits per heavy atom. The standard InChI is InChI=1S/C9H17NO2/c1-6-8(2-3-12-6)9(10)4-7(11)5-9/h6-8,11H,2-5,10H2,1H3. The molecule has 2 aliphatic rings. The summed E-state index contributed by atoms with van der Waals surface area (Å²) in [6.07, 6.45) is 2.69. The molecule has 1 heterocycles. The smallest absolute Gasteiger partial charge is 0.0593 e. The van der Waals surface area contributed by atoms with Crippen molar-refractivity contribution >= 4 is 0 Å². The van der Waals surface area contributed by atoms with Crippen molar-refractivity contribution < 1.29 is 9.84 Å². The minimum absolute atomic E-state index is 0.130. The zero-order valence-electron chi connectivity index (χ0n) is 7.49. The lowest BCUT2D eigenvalue weighted by atomic mass is 9.65. The molecule has 0 radical (unpaired) electrons. The second-order valence-corrected chi connectivity index (χ2v) is 4.27. The average molecular weight is 171 g/mol. The molecule has 1 aliphatic carbocycles.